The van der Waals surface area contributed by atoms with Crippen molar-refractivity contribution >= 4 is 44.3 Å². The lowest BCUT2D eigenvalue weighted by atomic mass is 10.2. The van der Waals surface area contributed by atoms with Crippen molar-refractivity contribution in [1.29, 1.82) is 0 Å². The number of ether oxygens (including phenoxy) is 2. The Morgan fingerprint density at radius 3 is 2.80 bits per heavy atom. The highest BCUT2D eigenvalue weighted by atomic mass is 79.9. The van der Waals surface area contributed by atoms with Crippen LogP contribution in [-0.4, -0.2) is 42.7 Å². The van der Waals surface area contributed by atoms with Crippen molar-refractivity contribution in [3.05, 3.63) is 58.3 Å². The number of carbonyl (C=O) groups excluding carboxylic acids is 2. The molecule has 0 N–H and O–H groups in total. The van der Waals surface area contributed by atoms with Gasteiger partial charge in [-0.25, -0.2) is 9.78 Å². The Hall–Kier alpha value is -2.49. The summed E-state index contributed by atoms with van der Waals surface area (Å²) in [4.78, 5) is 31.1. The zero-order valence-electron chi connectivity index (χ0n) is 16.0. The monoisotopic (exact) mass is 490 g/mol. The van der Waals surface area contributed by atoms with Crippen LogP contribution in [0.1, 0.15) is 23.4 Å². The van der Waals surface area contributed by atoms with Crippen LogP contribution in [0, 0.1) is 0 Å². The van der Waals surface area contributed by atoms with E-state index < -0.39 is 12.6 Å². The van der Waals surface area contributed by atoms with Gasteiger partial charge in [0.05, 0.1) is 24.6 Å². The maximum absolute atomic E-state index is 12.9. The molecule has 1 fully saturated rings. The highest BCUT2D eigenvalue weighted by Gasteiger charge is 2.27. The molecule has 4 rings (SSSR count). The first-order valence-corrected chi connectivity index (χ1v) is 11.1. The molecular formula is C21H19BrN2O5S. The van der Waals surface area contributed by atoms with Crippen molar-refractivity contribution in [3.63, 3.8) is 0 Å². The molecule has 0 saturated carbocycles. The van der Waals surface area contributed by atoms with E-state index in [0.717, 1.165) is 28.6 Å². The van der Waals surface area contributed by atoms with Gasteiger partial charge in [0.1, 0.15) is 0 Å². The zero-order valence-corrected chi connectivity index (χ0v) is 18.4. The largest absolute Gasteiger partial charge is 0.457 e. The van der Waals surface area contributed by atoms with Gasteiger partial charge in [-0.05, 0) is 37.1 Å². The van der Waals surface area contributed by atoms with Gasteiger partial charge in [0.2, 0.25) is 5.76 Å². The van der Waals surface area contributed by atoms with E-state index in [-0.39, 0.29) is 17.8 Å². The van der Waals surface area contributed by atoms with E-state index in [9.17, 15) is 9.59 Å². The maximum atomic E-state index is 12.9. The van der Waals surface area contributed by atoms with Crippen LogP contribution in [0.4, 0.5) is 5.13 Å². The van der Waals surface area contributed by atoms with Crippen molar-refractivity contribution in [2.75, 3.05) is 24.7 Å². The Morgan fingerprint density at radius 1 is 1.27 bits per heavy atom. The minimum Gasteiger partial charge on any atom is -0.457 e. The fraction of sp³-hybridized carbons (Fsp3) is 0.286. The number of esters is 1. The van der Waals surface area contributed by atoms with E-state index in [1.165, 1.54) is 23.7 Å². The number of halogens is 1. The van der Waals surface area contributed by atoms with Gasteiger partial charge >= 0.3 is 5.97 Å². The number of carbonyl (C=O) groups is 2. The summed E-state index contributed by atoms with van der Waals surface area (Å²) in [6.07, 6.45) is 3.15. The second-order valence-corrected chi connectivity index (χ2v) is 8.47. The van der Waals surface area contributed by atoms with Gasteiger partial charge < -0.3 is 13.9 Å². The molecule has 1 aliphatic heterocycles. The van der Waals surface area contributed by atoms with Gasteiger partial charge in [0.25, 0.3) is 5.91 Å². The first kappa shape index (κ1) is 20.8. The van der Waals surface area contributed by atoms with Crippen molar-refractivity contribution in [3.8, 4) is 11.3 Å². The normalized spacial score (nSPS) is 15.8. The molecule has 0 radical (unpaired) electrons. The summed E-state index contributed by atoms with van der Waals surface area (Å²) in [5.41, 5.74) is 1.73. The number of thiazole rings is 1. The molecule has 0 unspecified atom stereocenters. The van der Waals surface area contributed by atoms with Crippen LogP contribution in [-0.2, 0) is 14.3 Å². The molecule has 1 saturated heterocycles. The summed E-state index contributed by atoms with van der Waals surface area (Å²) in [6, 6.07) is 10.9. The van der Waals surface area contributed by atoms with Crippen LogP contribution in [0.25, 0.3) is 11.3 Å². The van der Waals surface area contributed by atoms with Crippen molar-refractivity contribution in [1.82, 2.24) is 4.98 Å². The Morgan fingerprint density at radius 2 is 2.10 bits per heavy atom. The Kier molecular flexibility index (Phi) is 6.61. The quantitative estimate of drug-likeness (QED) is 0.452. The van der Waals surface area contributed by atoms with Gasteiger partial charge in [0, 0.05) is 22.0 Å². The summed E-state index contributed by atoms with van der Waals surface area (Å²) in [7, 11) is 0. The summed E-state index contributed by atoms with van der Waals surface area (Å²) in [5, 5.41) is 2.45. The second kappa shape index (κ2) is 9.55. The molecule has 1 atom stereocenters. The SMILES string of the molecule is O=C(OCC(=O)N(C[C@@H]1CCCO1)c1nc(-c2ccc(Br)cc2)cs1)c1ccco1. The molecule has 0 bridgehead atoms. The van der Waals surface area contributed by atoms with Crippen LogP contribution < -0.4 is 4.90 Å². The molecular weight excluding hydrogens is 472 g/mol. The van der Waals surface area contributed by atoms with E-state index >= 15 is 0 Å². The third-order valence-electron chi connectivity index (χ3n) is 4.62. The molecule has 0 spiro atoms. The third-order valence-corrected chi connectivity index (χ3v) is 6.02. The average molecular weight is 491 g/mol. The number of hydrogen-bond acceptors (Lipinski definition) is 7. The number of benzene rings is 1. The fourth-order valence-electron chi connectivity index (χ4n) is 3.09. The number of hydrogen-bond donors (Lipinski definition) is 0. The van der Waals surface area contributed by atoms with E-state index in [2.05, 4.69) is 20.9 Å². The molecule has 3 aromatic rings. The topological polar surface area (TPSA) is 81.9 Å². The number of amides is 1. The molecule has 7 nitrogen and oxygen atoms in total. The fourth-order valence-corrected chi connectivity index (χ4v) is 4.22. The van der Waals surface area contributed by atoms with Crippen molar-refractivity contribution in [2.24, 2.45) is 0 Å². The van der Waals surface area contributed by atoms with Gasteiger partial charge in [-0.3, -0.25) is 9.69 Å². The Bertz CT molecular complexity index is 997. The van der Waals surface area contributed by atoms with Crippen LogP contribution in [0.5, 0.6) is 0 Å². The summed E-state index contributed by atoms with van der Waals surface area (Å²) in [6.45, 7) is 0.645. The van der Waals surface area contributed by atoms with Crippen molar-refractivity contribution in [2.45, 2.75) is 18.9 Å². The smallest absolute Gasteiger partial charge is 0.374 e. The first-order chi connectivity index (χ1) is 14.6. The average Bonchev–Trinajstić information content (AvgIpc) is 3.53. The molecule has 0 aliphatic carbocycles. The number of aromatic nitrogens is 1. The van der Waals surface area contributed by atoms with Crippen LogP contribution >= 0.6 is 27.3 Å². The number of rotatable bonds is 7. The minimum atomic E-state index is -0.680. The Labute approximate surface area is 185 Å². The second-order valence-electron chi connectivity index (χ2n) is 6.72. The van der Waals surface area contributed by atoms with E-state index in [1.807, 2.05) is 29.6 Å². The van der Waals surface area contributed by atoms with Gasteiger partial charge in [-0.15, -0.1) is 11.3 Å². The molecule has 3 heterocycles. The maximum Gasteiger partial charge on any atom is 0.374 e. The molecule has 30 heavy (non-hydrogen) atoms. The summed E-state index contributed by atoms with van der Waals surface area (Å²) in [5.74, 6) is -0.984. The zero-order chi connectivity index (χ0) is 20.9. The molecule has 1 aliphatic rings. The lowest BCUT2D eigenvalue weighted by Gasteiger charge is -2.22. The molecule has 1 amide bonds. The molecule has 2 aromatic heterocycles. The highest BCUT2D eigenvalue weighted by Crippen LogP contribution is 2.29. The molecule has 1 aromatic carbocycles. The summed E-state index contributed by atoms with van der Waals surface area (Å²) < 4.78 is 16.8. The van der Waals surface area contributed by atoms with Gasteiger partial charge in [-0.2, -0.15) is 0 Å². The Balaban J connectivity index is 1.49. The number of anilines is 1. The van der Waals surface area contributed by atoms with E-state index in [4.69, 9.17) is 13.9 Å². The van der Waals surface area contributed by atoms with Crippen LogP contribution in [0.2, 0.25) is 0 Å². The van der Waals surface area contributed by atoms with Crippen LogP contribution in [0.15, 0.2) is 56.9 Å². The van der Waals surface area contributed by atoms with Crippen LogP contribution in [0.3, 0.4) is 0 Å². The summed E-state index contributed by atoms with van der Waals surface area (Å²) >= 11 is 4.79. The number of furan rings is 1. The lowest BCUT2D eigenvalue weighted by molar-refractivity contribution is -0.122. The van der Waals surface area contributed by atoms with Gasteiger partial charge in [0.15, 0.2) is 11.7 Å². The van der Waals surface area contributed by atoms with E-state index in [1.54, 1.807) is 11.0 Å². The first-order valence-electron chi connectivity index (χ1n) is 9.44. The predicted molar refractivity (Wildman–Crippen MR) is 116 cm³/mol. The minimum absolute atomic E-state index is 0.0558. The predicted octanol–water partition coefficient (Wildman–Crippen LogP) is 4.53. The van der Waals surface area contributed by atoms with Gasteiger partial charge in [-0.1, -0.05) is 28.1 Å². The molecule has 156 valence electrons. The van der Waals surface area contributed by atoms with E-state index in [0.29, 0.717) is 18.3 Å². The van der Waals surface area contributed by atoms with Crippen molar-refractivity contribution < 1.29 is 23.5 Å². The standard InChI is InChI=1S/C21H19BrN2O5S/c22-15-7-5-14(6-8-15)17-13-30-21(23-17)24(11-16-3-1-9-27-16)19(25)12-29-20(26)18-4-2-10-28-18/h2,4-8,10,13,16H,1,3,9,11-12H2/t16-/m0/s1. The third kappa shape index (κ3) is 4.97. The number of nitrogens with zero attached hydrogens (tertiary/aromatic N) is 2. The highest BCUT2D eigenvalue weighted by molar-refractivity contribution is 9.10. The molecule has 9 heteroatoms. The lowest BCUT2D eigenvalue weighted by Crippen LogP contribution is -2.40.